The first-order chi connectivity index (χ1) is 18.0. The summed E-state index contributed by atoms with van der Waals surface area (Å²) < 4.78 is 14.0. The standard InChI is InChI=1S/C31H30ClFN2O2/c32-24-11-5-20(6-12-24)17-23(19-35-31(37)27-3-1-2-4-30(27)36)21-7-9-22(10-8-21)26-15-16-34-29-14-13-25(33)18-28(26)29/h1-6,11-16,18,21-23,36H,7-10,17,19H2,(H,35,37). The van der Waals surface area contributed by atoms with E-state index >= 15 is 0 Å². The molecule has 1 amide bonds. The Balaban J connectivity index is 1.31. The second-order valence-corrected chi connectivity index (χ2v) is 10.4. The first kappa shape index (κ1) is 25.2. The van der Waals surface area contributed by atoms with Crippen LogP contribution in [0.25, 0.3) is 10.9 Å². The lowest BCUT2D eigenvalue weighted by Crippen LogP contribution is -2.35. The summed E-state index contributed by atoms with van der Waals surface area (Å²) in [6.45, 7) is 0.522. The summed E-state index contributed by atoms with van der Waals surface area (Å²) in [6.07, 6.45) is 6.70. The maximum atomic E-state index is 14.0. The third-order valence-corrected chi connectivity index (χ3v) is 7.95. The fraction of sp³-hybridized carbons (Fsp3) is 0.290. The highest BCUT2D eigenvalue weighted by Crippen LogP contribution is 2.41. The van der Waals surface area contributed by atoms with Gasteiger partial charge in [0.05, 0.1) is 11.1 Å². The molecular weight excluding hydrogens is 487 g/mol. The van der Waals surface area contributed by atoms with Crippen LogP contribution in [0.15, 0.2) is 79.0 Å². The maximum absolute atomic E-state index is 14.0. The van der Waals surface area contributed by atoms with Gasteiger partial charge in [-0.1, -0.05) is 35.9 Å². The molecule has 4 nitrogen and oxygen atoms in total. The van der Waals surface area contributed by atoms with Gasteiger partial charge in [-0.15, -0.1) is 0 Å². The summed E-state index contributed by atoms with van der Waals surface area (Å²) in [5.74, 6) is 0.508. The number of nitrogens with zero attached hydrogens (tertiary/aromatic N) is 1. The van der Waals surface area contributed by atoms with Crippen molar-refractivity contribution in [3.05, 3.63) is 107 Å². The van der Waals surface area contributed by atoms with Crippen molar-refractivity contribution in [1.82, 2.24) is 10.3 Å². The van der Waals surface area contributed by atoms with Gasteiger partial charge in [0.2, 0.25) is 0 Å². The molecule has 0 aliphatic heterocycles. The monoisotopic (exact) mass is 516 g/mol. The minimum atomic E-state index is -0.266. The molecule has 2 N–H and O–H groups in total. The number of amides is 1. The van der Waals surface area contributed by atoms with Crippen LogP contribution in [0.1, 0.15) is 53.1 Å². The Morgan fingerprint density at radius 2 is 1.78 bits per heavy atom. The molecule has 1 saturated carbocycles. The average molecular weight is 517 g/mol. The highest BCUT2D eigenvalue weighted by Gasteiger charge is 2.30. The molecule has 0 spiro atoms. The predicted molar refractivity (Wildman–Crippen MR) is 145 cm³/mol. The Bertz CT molecular complexity index is 1380. The first-order valence-corrected chi connectivity index (χ1v) is 13.2. The topological polar surface area (TPSA) is 62.2 Å². The number of fused-ring (bicyclic) bond motifs is 1. The number of halogens is 2. The van der Waals surface area contributed by atoms with Gasteiger partial charge in [-0.05, 0) is 110 Å². The summed E-state index contributed by atoms with van der Waals surface area (Å²) in [5.41, 5.74) is 3.47. The van der Waals surface area contributed by atoms with E-state index in [2.05, 4.69) is 10.3 Å². The largest absolute Gasteiger partial charge is 0.507 e. The highest BCUT2D eigenvalue weighted by atomic mass is 35.5. The second-order valence-electron chi connectivity index (χ2n) is 9.99. The van der Waals surface area contributed by atoms with Crippen LogP contribution in [-0.4, -0.2) is 22.5 Å². The minimum absolute atomic E-state index is 0.0178. The number of benzene rings is 3. The normalized spacial score (nSPS) is 18.4. The van der Waals surface area contributed by atoms with Gasteiger partial charge in [0.1, 0.15) is 11.6 Å². The van der Waals surface area contributed by atoms with E-state index in [1.54, 1.807) is 30.3 Å². The van der Waals surface area contributed by atoms with Crippen molar-refractivity contribution < 1.29 is 14.3 Å². The Morgan fingerprint density at radius 3 is 2.54 bits per heavy atom. The van der Waals surface area contributed by atoms with E-state index < -0.39 is 0 Å². The van der Waals surface area contributed by atoms with E-state index in [0.717, 1.165) is 43.0 Å². The number of hydrogen-bond acceptors (Lipinski definition) is 3. The molecule has 37 heavy (non-hydrogen) atoms. The third kappa shape index (κ3) is 5.94. The summed E-state index contributed by atoms with van der Waals surface area (Å²) in [5, 5.41) is 14.8. The Kier molecular flexibility index (Phi) is 7.71. The van der Waals surface area contributed by atoms with Crippen molar-refractivity contribution in [3.63, 3.8) is 0 Å². The number of carbonyl (C=O) groups excluding carboxylic acids is 1. The number of aromatic hydroxyl groups is 1. The van der Waals surface area contributed by atoms with E-state index in [0.29, 0.717) is 23.4 Å². The van der Waals surface area contributed by atoms with Crippen LogP contribution >= 0.6 is 11.6 Å². The number of para-hydroxylation sites is 1. The molecule has 5 rings (SSSR count). The van der Waals surface area contributed by atoms with Crippen LogP contribution in [-0.2, 0) is 6.42 Å². The van der Waals surface area contributed by atoms with E-state index in [1.807, 2.05) is 36.5 Å². The smallest absolute Gasteiger partial charge is 0.255 e. The molecule has 1 fully saturated rings. The Morgan fingerprint density at radius 1 is 1.03 bits per heavy atom. The molecule has 6 heteroatoms. The van der Waals surface area contributed by atoms with Crippen molar-refractivity contribution in [2.75, 3.05) is 6.54 Å². The molecule has 0 saturated heterocycles. The van der Waals surface area contributed by atoms with Gasteiger partial charge < -0.3 is 10.4 Å². The highest BCUT2D eigenvalue weighted by molar-refractivity contribution is 6.30. The van der Waals surface area contributed by atoms with Crippen LogP contribution < -0.4 is 5.32 Å². The number of carbonyl (C=O) groups is 1. The van der Waals surface area contributed by atoms with Crippen LogP contribution in [0.5, 0.6) is 5.75 Å². The van der Waals surface area contributed by atoms with E-state index in [1.165, 1.54) is 23.3 Å². The lowest BCUT2D eigenvalue weighted by atomic mass is 9.72. The molecule has 1 aliphatic rings. The number of phenolic OH excluding ortho intramolecular Hbond substituents is 1. The molecule has 1 unspecified atom stereocenters. The molecule has 3 aromatic carbocycles. The van der Waals surface area contributed by atoms with E-state index in [-0.39, 0.29) is 29.0 Å². The Hall–Kier alpha value is -3.44. The van der Waals surface area contributed by atoms with Crippen molar-refractivity contribution >= 4 is 28.4 Å². The maximum Gasteiger partial charge on any atom is 0.255 e. The summed E-state index contributed by atoms with van der Waals surface area (Å²) in [6, 6.07) is 21.3. The van der Waals surface area contributed by atoms with Crippen molar-refractivity contribution in [1.29, 1.82) is 0 Å². The van der Waals surface area contributed by atoms with E-state index in [9.17, 15) is 14.3 Å². The number of hydrogen-bond donors (Lipinski definition) is 2. The number of nitrogens with one attached hydrogen (secondary N) is 1. The zero-order valence-corrected chi connectivity index (χ0v) is 21.3. The van der Waals surface area contributed by atoms with Gasteiger partial charge in [-0.2, -0.15) is 0 Å². The predicted octanol–water partition coefficient (Wildman–Crippen LogP) is 7.30. The summed E-state index contributed by atoms with van der Waals surface area (Å²) in [7, 11) is 0. The molecule has 0 bridgehead atoms. The number of pyridine rings is 1. The van der Waals surface area contributed by atoms with Crippen LogP contribution in [0.3, 0.4) is 0 Å². The van der Waals surface area contributed by atoms with Crippen molar-refractivity contribution in [2.45, 2.75) is 38.0 Å². The summed E-state index contributed by atoms with van der Waals surface area (Å²) >= 11 is 6.10. The number of aromatic nitrogens is 1. The average Bonchev–Trinajstić information content (AvgIpc) is 2.92. The molecule has 1 heterocycles. The summed E-state index contributed by atoms with van der Waals surface area (Å²) in [4.78, 5) is 17.2. The van der Waals surface area contributed by atoms with Crippen molar-refractivity contribution in [2.24, 2.45) is 11.8 Å². The number of phenols is 1. The molecular formula is C31H30ClFN2O2. The van der Waals surface area contributed by atoms with Gasteiger partial charge >= 0.3 is 0 Å². The zero-order valence-electron chi connectivity index (χ0n) is 20.5. The lowest BCUT2D eigenvalue weighted by molar-refractivity contribution is 0.0934. The third-order valence-electron chi connectivity index (χ3n) is 7.70. The fourth-order valence-corrected chi connectivity index (χ4v) is 5.84. The van der Waals surface area contributed by atoms with Crippen LogP contribution in [0.4, 0.5) is 4.39 Å². The van der Waals surface area contributed by atoms with Crippen LogP contribution in [0, 0.1) is 17.7 Å². The quantitative estimate of drug-likeness (QED) is 0.271. The molecule has 4 aromatic rings. The zero-order chi connectivity index (χ0) is 25.8. The fourth-order valence-electron chi connectivity index (χ4n) is 5.71. The van der Waals surface area contributed by atoms with Gasteiger partial charge in [0.25, 0.3) is 5.91 Å². The molecule has 190 valence electrons. The molecule has 0 radical (unpaired) electrons. The lowest BCUT2D eigenvalue weighted by Gasteiger charge is -2.35. The number of rotatable bonds is 7. The molecule has 1 aromatic heterocycles. The Labute approximate surface area is 221 Å². The minimum Gasteiger partial charge on any atom is -0.507 e. The van der Waals surface area contributed by atoms with E-state index in [4.69, 9.17) is 11.6 Å². The first-order valence-electron chi connectivity index (χ1n) is 12.8. The van der Waals surface area contributed by atoms with Gasteiger partial charge in [0, 0.05) is 23.2 Å². The molecule has 1 atom stereocenters. The van der Waals surface area contributed by atoms with Gasteiger partial charge in [-0.3, -0.25) is 9.78 Å². The second kappa shape index (κ2) is 11.3. The SMILES string of the molecule is O=C(NCC(Cc1ccc(Cl)cc1)C1CCC(c2ccnc3ccc(F)cc23)CC1)c1ccccc1O. The van der Waals surface area contributed by atoms with Gasteiger partial charge in [-0.25, -0.2) is 4.39 Å². The molecule has 1 aliphatic carbocycles. The van der Waals surface area contributed by atoms with Crippen LogP contribution in [0.2, 0.25) is 5.02 Å². The van der Waals surface area contributed by atoms with Crippen molar-refractivity contribution in [3.8, 4) is 5.75 Å². The van der Waals surface area contributed by atoms with Gasteiger partial charge in [0.15, 0.2) is 0 Å².